The lowest BCUT2D eigenvalue weighted by Gasteiger charge is -2.27. The van der Waals surface area contributed by atoms with E-state index in [0.29, 0.717) is 18.2 Å². The van der Waals surface area contributed by atoms with Crippen LogP contribution in [-0.4, -0.2) is 36.5 Å². The lowest BCUT2D eigenvalue weighted by Crippen LogP contribution is -2.36. The molecule has 0 atom stereocenters. The number of amides is 1. The van der Waals surface area contributed by atoms with Gasteiger partial charge in [0, 0.05) is 14.1 Å². The molecule has 0 unspecified atom stereocenters. The van der Waals surface area contributed by atoms with E-state index in [4.69, 9.17) is 0 Å². The Balaban J connectivity index is 2.54. The number of carbonyl (C=O) groups excluding carboxylic acids is 1. The Kier molecular flexibility index (Phi) is 2.18. The van der Waals surface area contributed by atoms with Gasteiger partial charge in [-0.2, -0.15) is 4.98 Å². The molecule has 15 heavy (non-hydrogen) atoms. The SMILES string of the molecule is CNc1nc(C)c2c(n1)N(C)CC(=O)N2. The van der Waals surface area contributed by atoms with Gasteiger partial charge in [-0.15, -0.1) is 0 Å². The van der Waals surface area contributed by atoms with E-state index < -0.39 is 0 Å². The Morgan fingerprint density at radius 1 is 1.47 bits per heavy atom. The maximum atomic E-state index is 11.3. The van der Waals surface area contributed by atoms with E-state index in [1.54, 1.807) is 7.05 Å². The molecule has 1 aromatic heterocycles. The summed E-state index contributed by atoms with van der Waals surface area (Å²) in [5.74, 6) is 1.29. The predicted octanol–water partition coefficient (Wildman–Crippen LogP) is 0.215. The molecule has 2 N–H and O–H groups in total. The maximum Gasteiger partial charge on any atom is 0.244 e. The molecule has 0 bridgehead atoms. The molecule has 1 amide bonds. The second-order valence-corrected chi connectivity index (χ2v) is 3.49. The molecule has 0 saturated carbocycles. The first kappa shape index (κ1) is 9.70. The number of likely N-dealkylation sites (N-methyl/N-ethyl adjacent to an activating group) is 1. The molecule has 0 saturated heterocycles. The van der Waals surface area contributed by atoms with Crippen molar-refractivity contribution in [3.05, 3.63) is 5.69 Å². The van der Waals surface area contributed by atoms with Crippen molar-refractivity contribution < 1.29 is 4.79 Å². The summed E-state index contributed by atoms with van der Waals surface area (Å²) < 4.78 is 0. The first-order valence-electron chi connectivity index (χ1n) is 4.69. The number of rotatable bonds is 1. The number of hydrogen-bond donors (Lipinski definition) is 2. The zero-order valence-electron chi connectivity index (χ0n) is 8.96. The van der Waals surface area contributed by atoms with Crippen molar-refractivity contribution in [3.8, 4) is 0 Å². The van der Waals surface area contributed by atoms with Crippen LogP contribution in [0.15, 0.2) is 0 Å². The van der Waals surface area contributed by atoms with Crippen molar-refractivity contribution in [1.29, 1.82) is 0 Å². The van der Waals surface area contributed by atoms with Gasteiger partial charge in [0.1, 0.15) is 5.69 Å². The average Bonchev–Trinajstić information content (AvgIpc) is 2.19. The standard InChI is InChI=1S/C9H13N5O/c1-5-7-8(13-9(10-2)11-5)14(3)4-6(15)12-7/h4H2,1-3H3,(H,12,15)(H,10,11,13). The molecule has 0 fully saturated rings. The molecule has 1 aliphatic heterocycles. The smallest absolute Gasteiger partial charge is 0.244 e. The summed E-state index contributed by atoms with van der Waals surface area (Å²) in [6.45, 7) is 2.17. The molecular formula is C9H13N5O. The van der Waals surface area contributed by atoms with Crippen molar-refractivity contribution in [2.45, 2.75) is 6.92 Å². The summed E-state index contributed by atoms with van der Waals surface area (Å²) in [6, 6.07) is 0. The normalized spacial score (nSPS) is 14.6. The third-order valence-corrected chi connectivity index (χ3v) is 2.30. The fourth-order valence-electron chi connectivity index (χ4n) is 1.56. The highest BCUT2D eigenvalue weighted by Crippen LogP contribution is 2.29. The zero-order valence-corrected chi connectivity index (χ0v) is 8.96. The summed E-state index contributed by atoms with van der Waals surface area (Å²) in [5.41, 5.74) is 1.47. The summed E-state index contributed by atoms with van der Waals surface area (Å²) in [5, 5.41) is 5.66. The number of aryl methyl sites for hydroxylation is 1. The molecule has 6 heteroatoms. The minimum absolute atomic E-state index is 0.0334. The molecule has 0 aliphatic carbocycles. The van der Waals surface area contributed by atoms with Gasteiger partial charge in [-0.3, -0.25) is 4.79 Å². The van der Waals surface area contributed by atoms with Crippen molar-refractivity contribution >= 4 is 23.4 Å². The Morgan fingerprint density at radius 3 is 2.87 bits per heavy atom. The first-order chi connectivity index (χ1) is 7.11. The highest BCUT2D eigenvalue weighted by molar-refractivity contribution is 6.00. The van der Waals surface area contributed by atoms with Crippen LogP contribution in [0, 0.1) is 6.92 Å². The van der Waals surface area contributed by atoms with E-state index in [0.717, 1.165) is 11.5 Å². The van der Waals surface area contributed by atoms with E-state index in [1.807, 2.05) is 18.9 Å². The van der Waals surface area contributed by atoms with Crippen LogP contribution in [-0.2, 0) is 4.79 Å². The Labute approximate surface area is 87.7 Å². The third kappa shape index (κ3) is 1.58. The molecular weight excluding hydrogens is 194 g/mol. The second kappa shape index (κ2) is 3.38. The monoisotopic (exact) mass is 207 g/mol. The van der Waals surface area contributed by atoms with Gasteiger partial charge in [-0.25, -0.2) is 4.98 Å². The lowest BCUT2D eigenvalue weighted by atomic mass is 10.2. The number of anilines is 3. The van der Waals surface area contributed by atoms with Gasteiger partial charge in [-0.1, -0.05) is 0 Å². The van der Waals surface area contributed by atoms with Gasteiger partial charge in [0.05, 0.1) is 12.2 Å². The molecule has 6 nitrogen and oxygen atoms in total. The molecule has 1 aromatic rings. The van der Waals surface area contributed by atoms with Crippen molar-refractivity contribution in [3.63, 3.8) is 0 Å². The highest BCUT2D eigenvalue weighted by atomic mass is 16.2. The van der Waals surface area contributed by atoms with Gasteiger partial charge >= 0.3 is 0 Å². The van der Waals surface area contributed by atoms with Crippen LogP contribution < -0.4 is 15.5 Å². The maximum absolute atomic E-state index is 11.3. The number of nitrogens with zero attached hydrogens (tertiary/aromatic N) is 3. The predicted molar refractivity (Wildman–Crippen MR) is 58.2 cm³/mol. The van der Waals surface area contributed by atoms with E-state index in [2.05, 4.69) is 20.6 Å². The third-order valence-electron chi connectivity index (χ3n) is 2.30. The van der Waals surface area contributed by atoms with Crippen LogP contribution in [0.2, 0.25) is 0 Å². The van der Waals surface area contributed by atoms with E-state index in [-0.39, 0.29) is 5.91 Å². The number of carbonyl (C=O) groups is 1. The van der Waals surface area contributed by atoms with Gasteiger partial charge in [0.25, 0.3) is 0 Å². The minimum atomic E-state index is -0.0334. The Hall–Kier alpha value is -1.85. The van der Waals surface area contributed by atoms with E-state index in [1.165, 1.54) is 0 Å². The van der Waals surface area contributed by atoms with Crippen LogP contribution in [0.1, 0.15) is 5.69 Å². The molecule has 0 spiro atoms. The van der Waals surface area contributed by atoms with Crippen molar-refractivity contribution in [2.24, 2.45) is 0 Å². The van der Waals surface area contributed by atoms with Crippen LogP contribution in [0.3, 0.4) is 0 Å². The molecule has 0 radical (unpaired) electrons. The van der Waals surface area contributed by atoms with E-state index in [9.17, 15) is 4.79 Å². The summed E-state index contributed by atoms with van der Waals surface area (Å²) in [4.78, 5) is 21.6. The van der Waals surface area contributed by atoms with Crippen LogP contribution in [0.5, 0.6) is 0 Å². The summed E-state index contributed by atoms with van der Waals surface area (Å²) in [6.07, 6.45) is 0. The molecule has 2 rings (SSSR count). The van der Waals surface area contributed by atoms with Crippen LogP contribution in [0.4, 0.5) is 17.5 Å². The molecule has 80 valence electrons. The highest BCUT2D eigenvalue weighted by Gasteiger charge is 2.23. The quantitative estimate of drug-likeness (QED) is 0.689. The van der Waals surface area contributed by atoms with Crippen LogP contribution >= 0.6 is 0 Å². The minimum Gasteiger partial charge on any atom is -0.357 e. The Morgan fingerprint density at radius 2 is 2.20 bits per heavy atom. The molecule has 2 heterocycles. The van der Waals surface area contributed by atoms with Gasteiger partial charge < -0.3 is 15.5 Å². The van der Waals surface area contributed by atoms with Crippen LogP contribution in [0.25, 0.3) is 0 Å². The number of nitrogens with one attached hydrogen (secondary N) is 2. The second-order valence-electron chi connectivity index (χ2n) is 3.49. The average molecular weight is 207 g/mol. The van der Waals surface area contributed by atoms with Gasteiger partial charge in [0.2, 0.25) is 11.9 Å². The van der Waals surface area contributed by atoms with Crippen molar-refractivity contribution in [1.82, 2.24) is 9.97 Å². The zero-order chi connectivity index (χ0) is 11.0. The number of aromatic nitrogens is 2. The fraction of sp³-hybridized carbons (Fsp3) is 0.444. The fourth-order valence-corrected chi connectivity index (χ4v) is 1.56. The number of hydrogen-bond acceptors (Lipinski definition) is 5. The molecule has 1 aliphatic rings. The number of fused-ring (bicyclic) bond motifs is 1. The molecule has 0 aromatic carbocycles. The van der Waals surface area contributed by atoms with Crippen molar-refractivity contribution in [2.75, 3.05) is 36.2 Å². The van der Waals surface area contributed by atoms with Gasteiger partial charge in [0.15, 0.2) is 5.82 Å². The van der Waals surface area contributed by atoms with Gasteiger partial charge in [-0.05, 0) is 6.92 Å². The Bertz CT molecular complexity index is 417. The first-order valence-corrected chi connectivity index (χ1v) is 4.69. The largest absolute Gasteiger partial charge is 0.357 e. The lowest BCUT2D eigenvalue weighted by molar-refractivity contribution is -0.115. The summed E-state index contributed by atoms with van der Waals surface area (Å²) in [7, 11) is 3.60. The van der Waals surface area contributed by atoms with E-state index >= 15 is 0 Å². The summed E-state index contributed by atoms with van der Waals surface area (Å²) >= 11 is 0. The topological polar surface area (TPSA) is 70.2 Å².